The maximum absolute atomic E-state index is 12.5. The molecule has 3 atom stereocenters. The number of alkyl halides is 3. The van der Waals surface area contributed by atoms with Crippen molar-refractivity contribution in [3.63, 3.8) is 0 Å². The van der Waals surface area contributed by atoms with E-state index in [2.05, 4.69) is 31.1 Å². The van der Waals surface area contributed by atoms with Crippen LogP contribution in [-0.2, 0) is 6.18 Å². The first-order valence-electron chi connectivity index (χ1n) is 7.44. The average molecular weight is 298 g/mol. The van der Waals surface area contributed by atoms with Crippen molar-refractivity contribution in [2.75, 3.05) is 5.32 Å². The third-order valence-corrected chi connectivity index (χ3v) is 6.19. The molecule has 116 valence electrons. The molecule has 2 nitrogen and oxygen atoms in total. The smallest absolute Gasteiger partial charge is 0.380 e. The number of fused-ring (bicyclic) bond motifs is 2. The van der Waals surface area contributed by atoms with Gasteiger partial charge in [0.05, 0.1) is 11.9 Å². The molecular formula is C16H21F3N2. The highest BCUT2D eigenvalue weighted by Gasteiger charge is 2.61. The zero-order valence-electron chi connectivity index (χ0n) is 12.6. The monoisotopic (exact) mass is 298 g/mol. The van der Waals surface area contributed by atoms with Crippen LogP contribution in [0.5, 0.6) is 0 Å². The molecule has 2 saturated carbocycles. The van der Waals surface area contributed by atoms with Crippen molar-refractivity contribution in [1.29, 1.82) is 0 Å². The van der Waals surface area contributed by atoms with Gasteiger partial charge in [-0.3, -0.25) is 0 Å². The second-order valence-electron chi connectivity index (χ2n) is 7.24. The van der Waals surface area contributed by atoms with E-state index in [1.165, 1.54) is 25.1 Å². The summed E-state index contributed by atoms with van der Waals surface area (Å²) in [6, 6.07) is 2.84. The number of nitrogens with one attached hydrogen (secondary N) is 1. The fourth-order valence-corrected chi connectivity index (χ4v) is 4.27. The van der Waals surface area contributed by atoms with Gasteiger partial charge >= 0.3 is 6.18 Å². The Balaban J connectivity index is 1.77. The predicted molar refractivity (Wildman–Crippen MR) is 75.9 cm³/mol. The minimum atomic E-state index is -4.38. The summed E-state index contributed by atoms with van der Waals surface area (Å²) in [5, 5.41) is 3.42. The van der Waals surface area contributed by atoms with E-state index in [1.54, 1.807) is 0 Å². The number of anilines is 1. The molecule has 2 aliphatic carbocycles. The van der Waals surface area contributed by atoms with E-state index in [4.69, 9.17) is 0 Å². The summed E-state index contributed by atoms with van der Waals surface area (Å²) in [4.78, 5) is 3.53. The van der Waals surface area contributed by atoms with E-state index in [-0.39, 0.29) is 10.8 Å². The molecule has 0 saturated heterocycles. The zero-order chi connectivity index (χ0) is 15.5. The van der Waals surface area contributed by atoms with Gasteiger partial charge in [-0.1, -0.05) is 20.8 Å². The molecule has 0 amide bonds. The highest BCUT2D eigenvalue weighted by atomic mass is 19.4. The summed E-state index contributed by atoms with van der Waals surface area (Å²) >= 11 is 0. The largest absolute Gasteiger partial charge is 0.433 e. The van der Waals surface area contributed by atoms with E-state index < -0.39 is 11.9 Å². The lowest BCUT2D eigenvalue weighted by Crippen LogP contribution is -2.40. The van der Waals surface area contributed by atoms with Gasteiger partial charge in [-0.2, -0.15) is 13.2 Å². The average Bonchev–Trinajstić information content (AvgIpc) is 2.71. The maximum Gasteiger partial charge on any atom is 0.433 e. The molecule has 0 spiro atoms. The number of hydrogen-bond acceptors (Lipinski definition) is 2. The fraction of sp³-hybridized carbons (Fsp3) is 0.688. The Morgan fingerprint density at radius 1 is 1.24 bits per heavy atom. The van der Waals surface area contributed by atoms with Crippen molar-refractivity contribution in [1.82, 2.24) is 4.98 Å². The molecule has 21 heavy (non-hydrogen) atoms. The first-order chi connectivity index (χ1) is 9.64. The third kappa shape index (κ3) is 2.12. The lowest BCUT2D eigenvalue weighted by molar-refractivity contribution is -0.141. The van der Waals surface area contributed by atoms with Crippen LogP contribution in [0.3, 0.4) is 0 Å². The van der Waals surface area contributed by atoms with Crippen molar-refractivity contribution in [3.8, 4) is 0 Å². The number of pyridine rings is 1. The molecule has 3 rings (SSSR count). The van der Waals surface area contributed by atoms with Crippen LogP contribution in [-0.4, -0.2) is 11.0 Å². The fourth-order valence-electron chi connectivity index (χ4n) is 4.27. The lowest BCUT2D eigenvalue weighted by Gasteiger charge is -2.39. The molecule has 0 aromatic carbocycles. The Morgan fingerprint density at radius 2 is 1.95 bits per heavy atom. The Bertz CT molecular complexity index is 535. The Morgan fingerprint density at radius 3 is 2.38 bits per heavy atom. The summed E-state index contributed by atoms with van der Waals surface area (Å²) in [7, 11) is 0. The Hall–Kier alpha value is -1.26. The molecule has 0 radical (unpaired) electrons. The maximum atomic E-state index is 12.5. The summed E-state index contributed by atoms with van der Waals surface area (Å²) in [5.41, 5.74) is 0.315. The highest BCUT2D eigenvalue weighted by molar-refractivity contribution is 5.44. The second-order valence-corrected chi connectivity index (χ2v) is 7.24. The molecule has 2 bridgehead atoms. The first kappa shape index (κ1) is 14.7. The second kappa shape index (κ2) is 4.37. The van der Waals surface area contributed by atoms with Crippen LogP contribution in [0.15, 0.2) is 18.3 Å². The molecule has 0 aliphatic heterocycles. The number of halogens is 3. The van der Waals surface area contributed by atoms with Gasteiger partial charge in [0, 0.05) is 6.04 Å². The molecule has 2 aliphatic rings. The van der Waals surface area contributed by atoms with Gasteiger partial charge in [-0.15, -0.1) is 0 Å². The Kier molecular flexibility index (Phi) is 3.05. The van der Waals surface area contributed by atoms with Gasteiger partial charge in [0.2, 0.25) is 0 Å². The minimum absolute atomic E-state index is 0.195. The topological polar surface area (TPSA) is 24.9 Å². The van der Waals surface area contributed by atoms with Crippen molar-refractivity contribution in [3.05, 3.63) is 24.0 Å². The quantitative estimate of drug-likeness (QED) is 0.854. The SMILES string of the molecule is CC1(C)C2CCC1(C)C(Nc1ccc(C(F)(F)F)nc1)C2. The summed E-state index contributed by atoms with van der Waals surface area (Å²) in [5.74, 6) is 0.697. The third-order valence-electron chi connectivity index (χ3n) is 6.19. The van der Waals surface area contributed by atoms with Gasteiger partial charge in [0.25, 0.3) is 0 Å². The van der Waals surface area contributed by atoms with Crippen molar-refractivity contribution in [2.24, 2.45) is 16.7 Å². The number of rotatable bonds is 2. The summed E-state index contributed by atoms with van der Waals surface area (Å²) < 4.78 is 37.6. The molecule has 1 aromatic rings. The van der Waals surface area contributed by atoms with Crippen LogP contribution < -0.4 is 5.32 Å². The number of nitrogens with zero attached hydrogens (tertiary/aromatic N) is 1. The zero-order valence-corrected chi connectivity index (χ0v) is 12.6. The first-order valence-corrected chi connectivity index (χ1v) is 7.44. The minimum Gasteiger partial charge on any atom is -0.380 e. The summed E-state index contributed by atoms with van der Waals surface area (Å²) in [6.07, 6.45) is 0.442. The summed E-state index contributed by atoms with van der Waals surface area (Å²) in [6.45, 7) is 6.93. The van der Waals surface area contributed by atoms with Gasteiger partial charge in [0.15, 0.2) is 0 Å². The van der Waals surface area contributed by atoms with Crippen LogP contribution in [0.25, 0.3) is 0 Å². The van der Waals surface area contributed by atoms with E-state index in [9.17, 15) is 13.2 Å². The van der Waals surface area contributed by atoms with Gasteiger partial charge in [0.1, 0.15) is 5.69 Å². The molecule has 1 heterocycles. The predicted octanol–water partition coefficient (Wildman–Crippen LogP) is 4.73. The standard InChI is InChI=1S/C16H21F3N2/c1-14(2)10-6-7-15(14,3)13(8-10)21-11-4-5-12(20-9-11)16(17,18)19/h4-5,9-10,13,21H,6-8H2,1-3H3. The molecule has 5 heteroatoms. The van der Waals surface area contributed by atoms with Crippen molar-refractivity contribution < 1.29 is 13.2 Å². The van der Waals surface area contributed by atoms with E-state index in [0.29, 0.717) is 17.6 Å². The van der Waals surface area contributed by atoms with Crippen LogP contribution >= 0.6 is 0 Å². The van der Waals surface area contributed by atoms with E-state index >= 15 is 0 Å². The van der Waals surface area contributed by atoms with Crippen LogP contribution in [0.4, 0.5) is 18.9 Å². The van der Waals surface area contributed by atoms with Crippen LogP contribution in [0.1, 0.15) is 45.7 Å². The number of aromatic nitrogens is 1. The normalized spacial score (nSPS) is 34.2. The Labute approximate surface area is 123 Å². The van der Waals surface area contributed by atoms with E-state index in [1.807, 2.05) is 0 Å². The molecule has 3 unspecified atom stereocenters. The van der Waals surface area contributed by atoms with Crippen LogP contribution in [0.2, 0.25) is 0 Å². The molecule has 1 N–H and O–H groups in total. The highest BCUT2D eigenvalue weighted by Crippen LogP contribution is 2.65. The van der Waals surface area contributed by atoms with Crippen molar-refractivity contribution >= 4 is 5.69 Å². The van der Waals surface area contributed by atoms with Crippen molar-refractivity contribution in [2.45, 2.75) is 52.3 Å². The molecular weight excluding hydrogens is 277 g/mol. The van der Waals surface area contributed by atoms with Crippen LogP contribution in [0, 0.1) is 16.7 Å². The molecule has 2 fully saturated rings. The van der Waals surface area contributed by atoms with Gasteiger partial charge < -0.3 is 5.32 Å². The molecule has 1 aromatic heterocycles. The van der Waals surface area contributed by atoms with Gasteiger partial charge in [-0.25, -0.2) is 4.98 Å². The lowest BCUT2D eigenvalue weighted by atomic mass is 9.69. The van der Waals surface area contributed by atoms with Gasteiger partial charge in [-0.05, 0) is 48.1 Å². The number of hydrogen-bond donors (Lipinski definition) is 1. The van der Waals surface area contributed by atoms with E-state index in [0.717, 1.165) is 12.5 Å².